The fourth-order valence-corrected chi connectivity index (χ4v) is 1.04. The largest absolute Gasteiger partial charge is 0.507 e. The van der Waals surface area contributed by atoms with E-state index in [9.17, 15) is 9.50 Å². The minimum absolute atomic E-state index is 0.0238. The third-order valence-electron chi connectivity index (χ3n) is 1.63. The van der Waals surface area contributed by atoms with Gasteiger partial charge in [-0.15, -0.1) is 0 Å². The Morgan fingerprint density at radius 1 is 1.58 bits per heavy atom. The molecule has 1 aromatic carbocycles. The van der Waals surface area contributed by atoms with Gasteiger partial charge >= 0.3 is 0 Å². The fourth-order valence-electron chi connectivity index (χ4n) is 1.04. The van der Waals surface area contributed by atoms with Gasteiger partial charge in [-0.3, -0.25) is 0 Å². The van der Waals surface area contributed by atoms with E-state index in [1.807, 2.05) is 0 Å². The van der Waals surface area contributed by atoms with Crippen LogP contribution in [0.3, 0.4) is 0 Å². The summed E-state index contributed by atoms with van der Waals surface area (Å²) in [4.78, 5) is 0. The summed E-state index contributed by atoms with van der Waals surface area (Å²) < 4.78 is 13.0. The highest BCUT2D eigenvalue weighted by Crippen LogP contribution is 2.28. The molecule has 0 aliphatic heterocycles. The predicted octanol–water partition coefficient (Wildman–Crippen LogP) is 2.22. The smallest absolute Gasteiger partial charge is 0.147 e. The number of anilines is 1. The molecule has 3 heteroatoms. The number of rotatable bonds is 2. The van der Waals surface area contributed by atoms with Crippen LogP contribution in [0.2, 0.25) is 0 Å². The molecule has 0 fully saturated rings. The number of nitrogens with one attached hydrogen (secondary N) is 1. The van der Waals surface area contributed by atoms with E-state index in [1.54, 1.807) is 7.05 Å². The molecule has 0 saturated carbocycles. The number of hydrogen-bond donors (Lipinski definition) is 2. The number of halogens is 1. The second-order valence-corrected chi connectivity index (χ2v) is 2.31. The lowest BCUT2D eigenvalue weighted by molar-refractivity contribution is 0.472. The van der Waals surface area contributed by atoms with Gasteiger partial charge in [0.15, 0.2) is 0 Å². The lowest BCUT2D eigenvalue weighted by Gasteiger charge is -2.07. The maximum atomic E-state index is 13.0. The average Bonchev–Trinajstić information content (AvgIpc) is 2.08. The van der Waals surface area contributed by atoms with Crippen LogP contribution in [0.1, 0.15) is 5.56 Å². The van der Waals surface area contributed by atoms with E-state index < -0.39 is 5.82 Å². The van der Waals surface area contributed by atoms with Gasteiger partial charge in [0.25, 0.3) is 0 Å². The van der Waals surface area contributed by atoms with Crippen LogP contribution in [0, 0.1) is 5.82 Å². The zero-order valence-electron chi connectivity index (χ0n) is 6.76. The Bertz CT molecular complexity index is 310. The first-order valence-corrected chi connectivity index (χ1v) is 3.52. The zero-order chi connectivity index (χ0) is 9.14. The van der Waals surface area contributed by atoms with Crippen LogP contribution in [-0.2, 0) is 0 Å². The van der Waals surface area contributed by atoms with Crippen molar-refractivity contribution in [3.8, 4) is 5.75 Å². The van der Waals surface area contributed by atoms with Gasteiger partial charge in [-0.05, 0) is 12.1 Å². The number of phenolic OH excluding ortho intramolecular Hbond substituents is 1. The van der Waals surface area contributed by atoms with E-state index in [2.05, 4.69) is 11.9 Å². The summed E-state index contributed by atoms with van der Waals surface area (Å²) in [7, 11) is 1.59. The summed E-state index contributed by atoms with van der Waals surface area (Å²) in [5.74, 6) is -0.374. The molecule has 0 radical (unpaired) electrons. The van der Waals surface area contributed by atoms with Crippen LogP contribution < -0.4 is 5.32 Å². The fraction of sp³-hybridized carbons (Fsp3) is 0.111. The maximum absolute atomic E-state index is 13.0. The van der Waals surface area contributed by atoms with E-state index in [0.29, 0.717) is 5.56 Å². The molecule has 0 atom stereocenters. The number of hydrogen-bond acceptors (Lipinski definition) is 2. The molecule has 1 aromatic rings. The van der Waals surface area contributed by atoms with Crippen molar-refractivity contribution in [1.82, 2.24) is 0 Å². The zero-order valence-corrected chi connectivity index (χ0v) is 6.76. The van der Waals surface area contributed by atoms with Gasteiger partial charge in [0.1, 0.15) is 11.6 Å². The molecule has 0 aliphatic carbocycles. The minimum Gasteiger partial charge on any atom is -0.507 e. The number of benzene rings is 1. The molecule has 0 heterocycles. The lowest BCUT2D eigenvalue weighted by atomic mass is 10.1. The summed E-state index contributed by atoms with van der Waals surface area (Å²) >= 11 is 0. The third kappa shape index (κ3) is 1.25. The molecule has 0 aromatic heterocycles. The number of phenols is 1. The standard InChI is InChI=1S/C9H10FNO/c1-3-6-8(12)5-4-7(10)9(6)11-2/h3-5,11-12H,1H2,2H3. The summed E-state index contributed by atoms with van der Waals surface area (Å²) in [6.07, 6.45) is 1.41. The quantitative estimate of drug-likeness (QED) is 0.707. The molecule has 1 rings (SSSR count). The Labute approximate surface area is 70.3 Å². The van der Waals surface area contributed by atoms with Gasteiger partial charge < -0.3 is 10.4 Å². The predicted molar refractivity (Wildman–Crippen MR) is 47.7 cm³/mol. The van der Waals surface area contributed by atoms with Gasteiger partial charge in [0.05, 0.1) is 5.69 Å². The van der Waals surface area contributed by atoms with Crippen LogP contribution in [0.4, 0.5) is 10.1 Å². The second kappa shape index (κ2) is 3.26. The monoisotopic (exact) mass is 167 g/mol. The highest BCUT2D eigenvalue weighted by atomic mass is 19.1. The van der Waals surface area contributed by atoms with Crippen molar-refractivity contribution in [2.24, 2.45) is 0 Å². The van der Waals surface area contributed by atoms with Crippen molar-refractivity contribution in [3.63, 3.8) is 0 Å². The van der Waals surface area contributed by atoms with E-state index >= 15 is 0 Å². The molecule has 12 heavy (non-hydrogen) atoms. The number of aromatic hydroxyl groups is 1. The van der Waals surface area contributed by atoms with Crippen molar-refractivity contribution >= 4 is 11.8 Å². The summed E-state index contributed by atoms with van der Waals surface area (Å²) in [5, 5.41) is 11.9. The van der Waals surface area contributed by atoms with Crippen LogP contribution in [-0.4, -0.2) is 12.2 Å². The van der Waals surface area contributed by atoms with E-state index in [0.717, 1.165) is 0 Å². The Kier molecular flexibility index (Phi) is 2.33. The van der Waals surface area contributed by atoms with Crippen molar-refractivity contribution in [1.29, 1.82) is 0 Å². The van der Waals surface area contributed by atoms with Gasteiger partial charge in [-0.1, -0.05) is 12.7 Å². The van der Waals surface area contributed by atoms with Crippen molar-refractivity contribution < 1.29 is 9.50 Å². The van der Waals surface area contributed by atoms with Crippen LogP contribution in [0.15, 0.2) is 18.7 Å². The first-order chi connectivity index (χ1) is 5.70. The SMILES string of the molecule is C=Cc1c(O)ccc(F)c1NC. The topological polar surface area (TPSA) is 32.3 Å². The molecule has 0 aliphatic rings. The first-order valence-electron chi connectivity index (χ1n) is 3.52. The van der Waals surface area contributed by atoms with Gasteiger partial charge in [0, 0.05) is 12.6 Å². The Morgan fingerprint density at radius 3 is 2.67 bits per heavy atom. The van der Waals surface area contributed by atoms with Crippen LogP contribution in [0.25, 0.3) is 6.08 Å². The lowest BCUT2D eigenvalue weighted by Crippen LogP contribution is -1.95. The molecule has 64 valence electrons. The molecular weight excluding hydrogens is 157 g/mol. The Morgan fingerprint density at radius 2 is 2.25 bits per heavy atom. The van der Waals surface area contributed by atoms with E-state index in [-0.39, 0.29) is 11.4 Å². The second-order valence-electron chi connectivity index (χ2n) is 2.31. The molecule has 0 saturated heterocycles. The molecular formula is C9H10FNO. The van der Waals surface area contributed by atoms with Gasteiger partial charge in [0.2, 0.25) is 0 Å². The van der Waals surface area contributed by atoms with Gasteiger partial charge in [-0.25, -0.2) is 4.39 Å². The van der Waals surface area contributed by atoms with E-state index in [1.165, 1.54) is 18.2 Å². The maximum Gasteiger partial charge on any atom is 0.147 e. The first kappa shape index (κ1) is 8.59. The molecule has 2 nitrogen and oxygen atoms in total. The third-order valence-corrected chi connectivity index (χ3v) is 1.63. The molecule has 0 amide bonds. The summed E-state index contributed by atoms with van der Waals surface area (Å²) in [6.45, 7) is 3.47. The Balaban J connectivity index is 3.38. The minimum atomic E-state index is -0.398. The van der Waals surface area contributed by atoms with Crippen molar-refractivity contribution in [2.75, 3.05) is 12.4 Å². The van der Waals surface area contributed by atoms with Crippen molar-refractivity contribution in [2.45, 2.75) is 0 Å². The molecule has 2 N–H and O–H groups in total. The Hall–Kier alpha value is -1.51. The normalized spacial score (nSPS) is 9.50. The van der Waals surface area contributed by atoms with Crippen LogP contribution in [0.5, 0.6) is 5.75 Å². The summed E-state index contributed by atoms with van der Waals surface area (Å²) in [6, 6.07) is 2.50. The highest BCUT2D eigenvalue weighted by molar-refractivity contribution is 5.71. The highest BCUT2D eigenvalue weighted by Gasteiger charge is 2.07. The molecule has 0 bridgehead atoms. The van der Waals surface area contributed by atoms with Crippen LogP contribution >= 0.6 is 0 Å². The average molecular weight is 167 g/mol. The van der Waals surface area contributed by atoms with Gasteiger partial charge in [-0.2, -0.15) is 0 Å². The molecule has 0 spiro atoms. The van der Waals surface area contributed by atoms with E-state index in [4.69, 9.17) is 0 Å². The molecule has 0 unspecified atom stereocenters. The summed E-state index contributed by atoms with van der Waals surface area (Å²) in [5.41, 5.74) is 0.655. The van der Waals surface area contributed by atoms with Crippen molar-refractivity contribution in [3.05, 3.63) is 30.1 Å².